The van der Waals surface area contributed by atoms with Crippen LogP contribution in [0.15, 0.2) is 10.5 Å². The molecule has 0 bridgehead atoms. The van der Waals surface area contributed by atoms with Crippen LogP contribution in [0.1, 0.15) is 28.3 Å². The molecule has 0 aromatic carbocycles. The molecule has 2 heterocycles. The molecule has 7 nitrogen and oxygen atoms in total. The highest BCUT2D eigenvalue weighted by atomic mass is 16.5. The summed E-state index contributed by atoms with van der Waals surface area (Å²) in [5.41, 5.74) is 0.796. The Hall–Kier alpha value is -1.86. The zero-order valence-electron chi connectivity index (χ0n) is 15.0. The molecule has 0 unspecified atom stereocenters. The number of aryl methyl sites for hydroxylation is 1. The van der Waals surface area contributed by atoms with Gasteiger partial charge < -0.3 is 14.1 Å². The summed E-state index contributed by atoms with van der Waals surface area (Å²) >= 11 is 0. The van der Waals surface area contributed by atoms with Gasteiger partial charge in [-0.1, -0.05) is 0 Å². The van der Waals surface area contributed by atoms with Crippen molar-refractivity contribution in [1.82, 2.24) is 14.7 Å². The second kappa shape index (κ2) is 8.30. The number of carbonyl (C=O) groups excluding carboxylic acids is 2. The second-order valence-corrected chi connectivity index (χ2v) is 6.41. The van der Waals surface area contributed by atoms with Gasteiger partial charge in [0.2, 0.25) is 11.7 Å². The first-order valence-corrected chi connectivity index (χ1v) is 8.23. The number of furan rings is 1. The maximum atomic E-state index is 11.8. The summed E-state index contributed by atoms with van der Waals surface area (Å²) in [6, 6.07) is 1.89. The molecular formula is C17H27N3O4. The Morgan fingerprint density at radius 2 is 1.88 bits per heavy atom. The number of likely N-dealkylation sites (N-methyl/N-ethyl adjacent to an activating group) is 1. The molecule has 1 aromatic rings. The molecule has 1 fully saturated rings. The highest BCUT2D eigenvalue weighted by Gasteiger charge is 2.21. The van der Waals surface area contributed by atoms with Crippen molar-refractivity contribution in [2.75, 3.05) is 53.9 Å². The van der Waals surface area contributed by atoms with Gasteiger partial charge >= 0.3 is 5.97 Å². The topological polar surface area (TPSA) is 66.2 Å². The predicted octanol–water partition coefficient (Wildman–Crippen LogP) is 0.971. The SMILES string of the molecule is COC(=O)c1oc(CN2CCCN(CC(=O)N(C)C)CC2)cc1C. The quantitative estimate of drug-likeness (QED) is 0.746. The van der Waals surface area contributed by atoms with Crippen molar-refractivity contribution in [3.63, 3.8) is 0 Å². The van der Waals surface area contributed by atoms with E-state index in [9.17, 15) is 9.59 Å². The second-order valence-electron chi connectivity index (χ2n) is 6.41. The van der Waals surface area contributed by atoms with E-state index >= 15 is 0 Å². The summed E-state index contributed by atoms with van der Waals surface area (Å²) in [6.07, 6.45) is 1.00. The lowest BCUT2D eigenvalue weighted by Crippen LogP contribution is -2.38. The van der Waals surface area contributed by atoms with Crippen molar-refractivity contribution in [3.05, 3.63) is 23.2 Å². The Morgan fingerprint density at radius 1 is 1.21 bits per heavy atom. The average molecular weight is 337 g/mol. The van der Waals surface area contributed by atoms with Crippen LogP contribution >= 0.6 is 0 Å². The maximum Gasteiger partial charge on any atom is 0.374 e. The normalized spacial score (nSPS) is 16.7. The van der Waals surface area contributed by atoms with Gasteiger partial charge in [-0.25, -0.2) is 4.79 Å². The number of ether oxygens (including phenoxy) is 1. The molecule has 7 heteroatoms. The molecule has 1 aromatic heterocycles. The summed E-state index contributed by atoms with van der Waals surface area (Å²) in [6.45, 7) is 6.55. The van der Waals surface area contributed by atoms with E-state index in [0.717, 1.165) is 43.9 Å². The smallest absolute Gasteiger partial charge is 0.374 e. The van der Waals surface area contributed by atoms with Gasteiger partial charge in [0.25, 0.3) is 0 Å². The molecule has 0 saturated carbocycles. The predicted molar refractivity (Wildman–Crippen MR) is 89.8 cm³/mol. The fourth-order valence-corrected chi connectivity index (χ4v) is 2.82. The molecule has 1 aliphatic rings. The number of nitrogens with zero attached hydrogens (tertiary/aromatic N) is 3. The first-order chi connectivity index (χ1) is 11.4. The number of methoxy groups -OCH3 is 1. The van der Waals surface area contributed by atoms with Crippen LogP contribution in [0.4, 0.5) is 0 Å². The highest BCUT2D eigenvalue weighted by molar-refractivity contribution is 5.87. The van der Waals surface area contributed by atoms with Crippen molar-refractivity contribution in [2.45, 2.75) is 19.9 Å². The minimum atomic E-state index is -0.442. The Kier molecular flexibility index (Phi) is 6.39. The van der Waals surface area contributed by atoms with Crippen LogP contribution in [0.25, 0.3) is 0 Å². The summed E-state index contributed by atoms with van der Waals surface area (Å²) < 4.78 is 10.4. The van der Waals surface area contributed by atoms with E-state index in [-0.39, 0.29) is 11.7 Å². The zero-order valence-corrected chi connectivity index (χ0v) is 15.0. The fourth-order valence-electron chi connectivity index (χ4n) is 2.82. The Labute approximate surface area is 143 Å². The van der Waals surface area contributed by atoms with Crippen LogP contribution in [-0.4, -0.2) is 80.5 Å². The van der Waals surface area contributed by atoms with Crippen LogP contribution in [0.2, 0.25) is 0 Å². The lowest BCUT2D eigenvalue weighted by molar-refractivity contribution is -0.129. The van der Waals surface area contributed by atoms with Crippen molar-refractivity contribution in [1.29, 1.82) is 0 Å². The standard InChI is InChI=1S/C17H27N3O4/c1-13-10-14(24-16(13)17(22)23-4)11-19-6-5-7-20(9-8-19)12-15(21)18(2)3/h10H,5-9,11-12H2,1-4H3. The largest absolute Gasteiger partial charge is 0.463 e. The summed E-state index contributed by atoms with van der Waals surface area (Å²) in [5, 5.41) is 0. The molecule has 0 atom stereocenters. The minimum Gasteiger partial charge on any atom is -0.463 e. The van der Waals surface area contributed by atoms with Crippen molar-refractivity contribution in [3.8, 4) is 0 Å². The molecule has 1 amide bonds. The third-order valence-corrected chi connectivity index (χ3v) is 4.26. The molecule has 0 radical (unpaired) electrons. The van der Waals surface area contributed by atoms with Gasteiger partial charge in [0.15, 0.2) is 0 Å². The number of esters is 1. The summed E-state index contributed by atoms with van der Waals surface area (Å²) in [5.74, 6) is 0.738. The van der Waals surface area contributed by atoms with E-state index < -0.39 is 5.97 Å². The molecule has 0 spiro atoms. The van der Waals surface area contributed by atoms with E-state index in [0.29, 0.717) is 13.1 Å². The number of amides is 1. The molecule has 24 heavy (non-hydrogen) atoms. The molecule has 1 aliphatic heterocycles. The van der Waals surface area contributed by atoms with E-state index in [2.05, 4.69) is 9.80 Å². The van der Waals surface area contributed by atoms with Gasteiger partial charge in [0, 0.05) is 32.7 Å². The molecule has 2 rings (SSSR count). The van der Waals surface area contributed by atoms with Gasteiger partial charge in [-0.15, -0.1) is 0 Å². The molecule has 0 aliphatic carbocycles. The fraction of sp³-hybridized carbons (Fsp3) is 0.647. The maximum absolute atomic E-state index is 11.8. The van der Waals surface area contributed by atoms with Crippen LogP contribution in [0.3, 0.4) is 0 Å². The number of carbonyl (C=O) groups is 2. The lowest BCUT2D eigenvalue weighted by Gasteiger charge is -2.22. The Balaban J connectivity index is 1.90. The van der Waals surface area contributed by atoms with Crippen LogP contribution in [0.5, 0.6) is 0 Å². The molecule has 0 N–H and O–H groups in total. The van der Waals surface area contributed by atoms with Crippen molar-refractivity contribution in [2.24, 2.45) is 0 Å². The van der Waals surface area contributed by atoms with Crippen molar-refractivity contribution >= 4 is 11.9 Å². The minimum absolute atomic E-state index is 0.132. The van der Waals surface area contributed by atoms with Crippen LogP contribution < -0.4 is 0 Å². The Bertz CT molecular complexity index is 582. The van der Waals surface area contributed by atoms with E-state index in [1.165, 1.54) is 7.11 Å². The lowest BCUT2D eigenvalue weighted by atomic mass is 10.2. The molecule has 134 valence electrons. The number of rotatable bonds is 5. The molecular weight excluding hydrogens is 310 g/mol. The summed E-state index contributed by atoms with van der Waals surface area (Å²) in [7, 11) is 4.91. The van der Waals surface area contributed by atoms with Gasteiger partial charge in [-0.3, -0.25) is 14.6 Å². The number of hydrogen-bond donors (Lipinski definition) is 0. The van der Waals surface area contributed by atoms with Crippen molar-refractivity contribution < 1.29 is 18.7 Å². The van der Waals surface area contributed by atoms with Crippen LogP contribution in [0, 0.1) is 6.92 Å². The van der Waals surface area contributed by atoms with E-state index in [1.807, 2.05) is 13.0 Å². The van der Waals surface area contributed by atoms with E-state index in [1.54, 1.807) is 19.0 Å². The van der Waals surface area contributed by atoms with Gasteiger partial charge in [0.1, 0.15) is 5.76 Å². The number of hydrogen-bond acceptors (Lipinski definition) is 6. The van der Waals surface area contributed by atoms with Crippen LogP contribution in [-0.2, 0) is 16.1 Å². The third-order valence-electron chi connectivity index (χ3n) is 4.26. The monoisotopic (exact) mass is 337 g/mol. The average Bonchev–Trinajstić information content (AvgIpc) is 2.76. The molecule has 1 saturated heterocycles. The third kappa shape index (κ3) is 4.82. The van der Waals surface area contributed by atoms with E-state index in [4.69, 9.17) is 9.15 Å². The van der Waals surface area contributed by atoms with Gasteiger partial charge in [-0.2, -0.15) is 0 Å². The Morgan fingerprint density at radius 3 is 2.54 bits per heavy atom. The summed E-state index contributed by atoms with van der Waals surface area (Å²) in [4.78, 5) is 29.6. The van der Waals surface area contributed by atoms with Gasteiger partial charge in [0.05, 0.1) is 20.2 Å². The first-order valence-electron chi connectivity index (χ1n) is 8.23. The van der Waals surface area contributed by atoms with Gasteiger partial charge in [-0.05, 0) is 32.5 Å². The highest BCUT2D eigenvalue weighted by Crippen LogP contribution is 2.18. The zero-order chi connectivity index (χ0) is 17.7. The first kappa shape index (κ1) is 18.5.